The number of aromatic nitrogens is 2. The van der Waals surface area contributed by atoms with Crippen LogP contribution < -0.4 is 5.32 Å². The Kier molecular flexibility index (Phi) is 4.15. The molecular weight excluding hydrogens is 214 g/mol. The summed E-state index contributed by atoms with van der Waals surface area (Å²) < 4.78 is 4.30. The summed E-state index contributed by atoms with van der Waals surface area (Å²) >= 11 is 0. The zero-order valence-electron chi connectivity index (χ0n) is 8.91. The van der Waals surface area contributed by atoms with E-state index in [-0.39, 0.29) is 5.56 Å². The van der Waals surface area contributed by atoms with Crippen LogP contribution in [-0.4, -0.2) is 46.4 Å². The normalized spacial score (nSPS) is 14.0. The second-order valence-corrected chi connectivity index (χ2v) is 3.00. The summed E-state index contributed by atoms with van der Waals surface area (Å²) in [6.45, 7) is 0. The second kappa shape index (κ2) is 5.38. The van der Waals surface area contributed by atoms with Crippen molar-refractivity contribution < 1.29 is 19.7 Å². The molecule has 0 aliphatic carbocycles. The number of aliphatic hydroxyl groups excluding tert-OH is 2. The molecule has 0 radical (unpaired) electrons. The van der Waals surface area contributed by atoms with Gasteiger partial charge in [-0.3, -0.25) is 0 Å². The molecule has 0 amide bonds. The first kappa shape index (κ1) is 12.3. The van der Waals surface area contributed by atoms with Crippen LogP contribution in [0.2, 0.25) is 0 Å². The van der Waals surface area contributed by atoms with E-state index in [9.17, 15) is 15.0 Å². The topological polar surface area (TPSA) is 105 Å². The standard InChI is InChI=1S/C9H13N3O4/c1-10-9-11-3-5(4-12-9)6(13)7(14)8(15)16-2/h3-4,6-7,13-14H,1-2H3,(H,10,11,12). The molecule has 1 heterocycles. The highest BCUT2D eigenvalue weighted by molar-refractivity contribution is 5.75. The van der Waals surface area contributed by atoms with Crippen molar-refractivity contribution in [3.8, 4) is 0 Å². The summed E-state index contributed by atoms with van der Waals surface area (Å²) in [5.41, 5.74) is 0.233. The number of nitrogens with one attached hydrogen (secondary N) is 1. The molecule has 3 N–H and O–H groups in total. The molecule has 0 fully saturated rings. The lowest BCUT2D eigenvalue weighted by atomic mass is 10.1. The zero-order chi connectivity index (χ0) is 12.1. The average Bonchev–Trinajstić information content (AvgIpc) is 2.36. The van der Waals surface area contributed by atoms with Crippen LogP contribution in [0, 0.1) is 0 Å². The average molecular weight is 227 g/mol. The fourth-order valence-electron chi connectivity index (χ4n) is 1.05. The molecular formula is C9H13N3O4. The van der Waals surface area contributed by atoms with Gasteiger partial charge in [-0.25, -0.2) is 14.8 Å². The predicted molar refractivity (Wildman–Crippen MR) is 54.6 cm³/mol. The van der Waals surface area contributed by atoms with E-state index in [2.05, 4.69) is 20.0 Å². The summed E-state index contributed by atoms with van der Waals surface area (Å²) in [4.78, 5) is 18.6. The van der Waals surface area contributed by atoms with E-state index < -0.39 is 18.2 Å². The van der Waals surface area contributed by atoms with Crippen molar-refractivity contribution in [1.29, 1.82) is 0 Å². The van der Waals surface area contributed by atoms with E-state index in [4.69, 9.17) is 0 Å². The highest BCUT2D eigenvalue weighted by Crippen LogP contribution is 2.16. The Morgan fingerprint density at radius 1 is 1.44 bits per heavy atom. The highest BCUT2D eigenvalue weighted by Gasteiger charge is 2.26. The van der Waals surface area contributed by atoms with Crippen LogP contribution in [0.15, 0.2) is 12.4 Å². The molecule has 0 aliphatic rings. The van der Waals surface area contributed by atoms with Crippen molar-refractivity contribution in [1.82, 2.24) is 9.97 Å². The lowest BCUT2D eigenvalue weighted by Crippen LogP contribution is -2.29. The van der Waals surface area contributed by atoms with E-state index in [0.717, 1.165) is 7.11 Å². The summed E-state index contributed by atoms with van der Waals surface area (Å²) in [5.74, 6) is -0.534. The number of carbonyl (C=O) groups is 1. The van der Waals surface area contributed by atoms with Gasteiger partial charge in [0.05, 0.1) is 7.11 Å². The van der Waals surface area contributed by atoms with Crippen molar-refractivity contribution in [3.63, 3.8) is 0 Å². The number of aliphatic hydroxyl groups is 2. The Morgan fingerprint density at radius 3 is 2.44 bits per heavy atom. The Balaban J connectivity index is 2.79. The minimum atomic E-state index is -1.64. The maximum atomic E-state index is 11.0. The number of methoxy groups -OCH3 is 1. The van der Waals surface area contributed by atoms with Crippen LogP contribution in [0.3, 0.4) is 0 Å². The third-order valence-electron chi connectivity index (χ3n) is 1.98. The smallest absolute Gasteiger partial charge is 0.337 e. The first-order valence-electron chi connectivity index (χ1n) is 4.53. The first-order valence-corrected chi connectivity index (χ1v) is 4.53. The molecule has 2 unspecified atom stereocenters. The van der Waals surface area contributed by atoms with Crippen molar-refractivity contribution in [3.05, 3.63) is 18.0 Å². The molecule has 7 heteroatoms. The zero-order valence-corrected chi connectivity index (χ0v) is 8.91. The minimum absolute atomic E-state index is 0.233. The molecule has 0 aliphatic heterocycles. The van der Waals surface area contributed by atoms with Gasteiger partial charge in [0.25, 0.3) is 0 Å². The van der Waals surface area contributed by atoms with E-state index in [0.29, 0.717) is 5.95 Å². The number of anilines is 1. The van der Waals surface area contributed by atoms with Crippen molar-refractivity contribution in [2.45, 2.75) is 12.2 Å². The molecule has 0 saturated heterocycles. The Hall–Kier alpha value is -1.73. The third-order valence-corrected chi connectivity index (χ3v) is 1.98. The summed E-state index contributed by atoms with van der Waals surface area (Å²) in [7, 11) is 2.77. The van der Waals surface area contributed by atoms with Crippen molar-refractivity contribution in [2.75, 3.05) is 19.5 Å². The van der Waals surface area contributed by atoms with E-state index in [1.54, 1.807) is 7.05 Å². The van der Waals surface area contributed by atoms with E-state index in [1.807, 2.05) is 0 Å². The molecule has 1 aromatic heterocycles. The van der Waals surface area contributed by atoms with Crippen molar-refractivity contribution in [2.24, 2.45) is 0 Å². The summed E-state index contributed by atoms with van der Waals surface area (Å²) in [5, 5.41) is 21.7. The number of nitrogens with zero attached hydrogens (tertiary/aromatic N) is 2. The quantitative estimate of drug-likeness (QED) is 0.571. The molecule has 1 rings (SSSR count). The lowest BCUT2D eigenvalue weighted by molar-refractivity contribution is -0.156. The minimum Gasteiger partial charge on any atom is -0.467 e. The van der Waals surface area contributed by atoms with Gasteiger partial charge in [-0.2, -0.15) is 0 Å². The van der Waals surface area contributed by atoms with Gasteiger partial charge < -0.3 is 20.3 Å². The monoisotopic (exact) mass is 227 g/mol. The van der Waals surface area contributed by atoms with Crippen LogP contribution in [0.5, 0.6) is 0 Å². The number of carbonyl (C=O) groups excluding carboxylic acids is 1. The molecule has 88 valence electrons. The lowest BCUT2D eigenvalue weighted by Gasteiger charge is -2.15. The van der Waals surface area contributed by atoms with Gasteiger partial charge in [0.2, 0.25) is 5.95 Å². The van der Waals surface area contributed by atoms with Gasteiger partial charge in [0.1, 0.15) is 6.10 Å². The molecule has 0 aromatic carbocycles. The molecule has 2 atom stereocenters. The second-order valence-electron chi connectivity index (χ2n) is 3.00. The number of hydrogen-bond donors (Lipinski definition) is 3. The Bertz CT molecular complexity index is 354. The summed E-state index contributed by atoms with van der Waals surface area (Å²) in [6, 6.07) is 0. The molecule has 0 saturated carbocycles. The van der Waals surface area contributed by atoms with Crippen LogP contribution in [0.25, 0.3) is 0 Å². The highest BCUT2D eigenvalue weighted by atomic mass is 16.5. The molecule has 16 heavy (non-hydrogen) atoms. The van der Waals surface area contributed by atoms with Gasteiger partial charge in [0.15, 0.2) is 6.10 Å². The van der Waals surface area contributed by atoms with Crippen LogP contribution >= 0.6 is 0 Å². The SMILES string of the molecule is CNc1ncc(C(O)C(O)C(=O)OC)cn1. The van der Waals surface area contributed by atoms with Gasteiger partial charge in [-0.1, -0.05) is 0 Å². The number of hydrogen-bond acceptors (Lipinski definition) is 7. The third kappa shape index (κ3) is 2.65. The van der Waals surface area contributed by atoms with Crippen molar-refractivity contribution >= 4 is 11.9 Å². The number of esters is 1. The van der Waals surface area contributed by atoms with Gasteiger partial charge in [-0.15, -0.1) is 0 Å². The van der Waals surface area contributed by atoms with E-state index >= 15 is 0 Å². The van der Waals surface area contributed by atoms with Gasteiger partial charge in [-0.05, 0) is 0 Å². The maximum Gasteiger partial charge on any atom is 0.337 e. The van der Waals surface area contributed by atoms with Gasteiger partial charge in [0, 0.05) is 25.0 Å². The Morgan fingerprint density at radius 2 is 2.00 bits per heavy atom. The fourth-order valence-corrected chi connectivity index (χ4v) is 1.05. The fraction of sp³-hybridized carbons (Fsp3) is 0.444. The van der Waals surface area contributed by atoms with Gasteiger partial charge >= 0.3 is 5.97 Å². The summed E-state index contributed by atoms with van der Waals surface area (Å²) in [6.07, 6.45) is -0.418. The Labute approximate surface area is 92.1 Å². The molecule has 0 bridgehead atoms. The molecule has 7 nitrogen and oxygen atoms in total. The largest absolute Gasteiger partial charge is 0.467 e. The van der Waals surface area contributed by atoms with Crippen LogP contribution in [0.4, 0.5) is 5.95 Å². The predicted octanol–water partition coefficient (Wildman–Crippen LogP) is -0.914. The first-order chi connectivity index (χ1) is 7.60. The number of ether oxygens (including phenoxy) is 1. The molecule has 1 aromatic rings. The van der Waals surface area contributed by atoms with Crippen LogP contribution in [-0.2, 0) is 9.53 Å². The number of rotatable bonds is 4. The van der Waals surface area contributed by atoms with Crippen LogP contribution in [0.1, 0.15) is 11.7 Å². The molecule has 0 spiro atoms. The van der Waals surface area contributed by atoms with E-state index in [1.165, 1.54) is 12.4 Å². The maximum absolute atomic E-state index is 11.0.